The lowest BCUT2D eigenvalue weighted by molar-refractivity contribution is -0.126. The zero-order chi connectivity index (χ0) is 32.8. The van der Waals surface area contributed by atoms with Crippen LogP contribution in [0.25, 0.3) is 22.3 Å². The lowest BCUT2D eigenvalue weighted by Gasteiger charge is -2.40. The summed E-state index contributed by atoms with van der Waals surface area (Å²) in [6.45, 7) is 9.69. The van der Waals surface area contributed by atoms with Crippen molar-refractivity contribution < 1.29 is 27.1 Å². The second-order valence-corrected chi connectivity index (χ2v) is 13.4. The van der Waals surface area contributed by atoms with Gasteiger partial charge >= 0.3 is 5.69 Å². The smallest absolute Gasteiger partial charge is 0.351 e. The molecule has 236 valence electrons. The number of aromatic hydroxyl groups is 1. The summed E-state index contributed by atoms with van der Waals surface area (Å²) in [7, 11) is -3.74. The molecule has 1 saturated heterocycles. The highest BCUT2D eigenvalue weighted by atomic mass is 32.2. The molecule has 13 heteroatoms. The summed E-state index contributed by atoms with van der Waals surface area (Å²) in [4.78, 5) is 38.3. The SMILES string of the molecule is C=CC(=O)N1CCN(c2nc(=O)n(Cc3c(C(C)C)cccc3S(C)(=O)=O)c3nc(-c4c(O)cccc4F)c(F)cc23)[C@@H](C)C1. The first-order chi connectivity index (χ1) is 21.2. The normalized spacial score (nSPS) is 15.6. The van der Waals surface area contributed by atoms with E-state index >= 15 is 4.39 Å². The summed E-state index contributed by atoms with van der Waals surface area (Å²) in [5.74, 6) is -2.70. The van der Waals surface area contributed by atoms with Crippen molar-refractivity contribution in [3.05, 3.63) is 88.4 Å². The molecule has 3 heterocycles. The van der Waals surface area contributed by atoms with E-state index in [1.807, 2.05) is 20.8 Å². The Hall–Kier alpha value is -4.65. The maximum Gasteiger partial charge on any atom is 0.351 e. The van der Waals surface area contributed by atoms with Crippen molar-refractivity contribution in [3.8, 4) is 17.0 Å². The van der Waals surface area contributed by atoms with Crippen molar-refractivity contribution in [2.24, 2.45) is 0 Å². The van der Waals surface area contributed by atoms with E-state index < -0.39 is 44.2 Å². The predicted octanol–water partition coefficient (Wildman–Crippen LogP) is 4.24. The number of pyridine rings is 1. The van der Waals surface area contributed by atoms with Crippen molar-refractivity contribution in [2.75, 3.05) is 30.8 Å². The number of halogens is 2. The van der Waals surface area contributed by atoms with E-state index in [0.717, 1.165) is 23.0 Å². The molecule has 1 aliphatic rings. The molecule has 45 heavy (non-hydrogen) atoms. The van der Waals surface area contributed by atoms with Crippen LogP contribution in [0.4, 0.5) is 14.6 Å². The number of phenols is 1. The molecule has 2 aromatic carbocycles. The maximum absolute atomic E-state index is 15.9. The van der Waals surface area contributed by atoms with Crippen molar-refractivity contribution in [3.63, 3.8) is 0 Å². The molecule has 10 nitrogen and oxygen atoms in total. The summed E-state index contributed by atoms with van der Waals surface area (Å²) in [5, 5.41) is 10.6. The topological polar surface area (TPSA) is 126 Å². The van der Waals surface area contributed by atoms with Gasteiger partial charge in [0.15, 0.2) is 15.7 Å². The van der Waals surface area contributed by atoms with E-state index in [9.17, 15) is 27.5 Å². The van der Waals surface area contributed by atoms with Crippen molar-refractivity contribution in [1.29, 1.82) is 0 Å². The fraction of sp³-hybridized carbons (Fsp3) is 0.312. The lowest BCUT2D eigenvalue weighted by atomic mass is 9.97. The zero-order valence-electron chi connectivity index (χ0n) is 25.3. The minimum Gasteiger partial charge on any atom is -0.507 e. The fourth-order valence-corrected chi connectivity index (χ4v) is 6.79. The number of fused-ring (bicyclic) bond motifs is 1. The van der Waals surface area contributed by atoms with Gasteiger partial charge < -0.3 is 14.9 Å². The summed E-state index contributed by atoms with van der Waals surface area (Å²) >= 11 is 0. The number of nitrogens with zero attached hydrogens (tertiary/aromatic N) is 5. The molecule has 4 aromatic rings. The van der Waals surface area contributed by atoms with Gasteiger partial charge in [-0.25, -0.2) is 27.0 Å². The van der Waals surface area contributed by atoms with E-state index in [4.69, 9.17) is 0 Å². The molecule has 0 aliphatic carbocycles. The van der Waals surface area contributed by atoms with Crippen molar-refractivity contribution >= 4 is 32.6 Å². The third-order valence-corrected chi connectivity index (χ3v) is 9.19. The number of amides is 1. The second-order valence-electron chi connectivity index (χ2n) is 11.4. The largest absolute Gasteiger partial charge is 0.507 e. The van der Waals surface area contributed by atoms with Crippen LogP contribution in [0.5, 0.6) is 5.75 Å². The molecule has 1 N–H and O–H groups in total. The van der Waals surface area contributed by atoms with E-state index in [-0.39, 0.29) is 65.8 Å². The molecule has 1 atom stereocenters. The Kier molecular flexibility index (Phi) is 8.49. The molecule has 1 aliphatic heterocycles. The molecular weight excluding hydrogens is 604 g/mol. The van der Waals surface area contributed by atoms with E-state index in [1.54, 1.807) is 21.9 Å². The number of carbonyl (C=O) groups excluding carboxylic acids is 1. The van der Waals surface area contributed by atoms with Gasteiger partial charge in [0.25, 0.3) is 0 Å². The van der Waals surface area contributed by atoms with Crippen LogP contribution in [0.3, 0.4) is 0 Å². The van der Waals surface area contributed by atoms with E-state index in [1.165, 1.54) is 24.3 Å². The highest BCUT2D eigenvalue weighted by Gasteiger charge is 2.31. The van der Waals surface area contributed by atoms with Crippen LogP contribution in [-0.2, 0) is 21.2 Å². The molecule has 0 radical (unpaired) electrons. The van der Waals surface area contributed by atoms with Crippen LogP contribution in [-0.4, -0.2) is 70.8 Å². The third kappa shape index (κ3) is 5.91. The number of sulfone groups is 1. The number of piperazine rings is 1. The Morgan fingerprint density at radius 1 is 1.13 bits per heavy atom. The first-order valence-corrected chi connectivity index (χ1v) is 16.2. The van der Waals surface area contributed by atoms with Gasteiger partial charge in [0.1, 0.15) is 28.7 Å². The third-order valence-electron chi connectivity index (χ3n) is 8.01. The number of hydrogen-bond acceptors (Lipinski definition) is 8. The van der Waals surface area contributed by atoms with Gasteiger partial charge in [-0.15, -0.1) is 0 Å². The average Bonchev–Trinajstić information content (AvgIpc) is 2.97. The number of benzene rings is 2. The van der Waals surface area contributed by atoms with Crippen LogP contribution in [0.2, 0.25) is 0 Å². The second kappa shape index (κ2) is 12.0. The Balaban J connectivity index is 1.80. The van der Waals surface area contributed by atoms with Crippen LogP contribution in [0.1, 0.15) is 37.8 Å². The van der Waals surface area contributed by atoms with Crippen LogP contribution >= 0.6 is 0 Å². The standard InChI is InChI=1S/C32H33F2N5O5S/c1-6-27(41)37-13-14-38(19(4)16-37)31-21-15-24(34)29(28-23(33)10-8-11-25(28)40)35-30(21)39(32(42)36-31)17-22-20(18(2)3)9-7-12-26(22)45(5,43)44/h6-12,15,18-19,40H,1,13-14,16-17H2,2-5H3/t19-/m0/s1. The van der Waals surface area contributed by atoms with Gasteiger partial charge in [-0.3, -0.25) is 9.36 Å². The first-order valence-electron chi connectivity index (χ1n) is 14.3. The highest BCUT2D eigenvalue weighted by Crippen LogP contribution is 2.36. The number of phenolic OH excluding ortho intramolecular Hbond substituents is 1. The highest BCUT2D eigenvalue weighted by molar-refractivity contribution is 7.90. The van der Waals surface area contributed by atoms with Gasteiger partial charge in [0.05, 0.1) is 22.4 Å². The Labute approximate surface area is 259 Å². The van der Waals surface area contributed by atoms with Gasteiger partial charge in [0, 0.05) is 31.9 Å². The molecule has 1 amide bonds. The van der Waals surface area contributed by atoms with Crippen molar-refractivity contribution in [2.45, 2.75) is 44.2 Å². The van der Waals surface area contributed by atoms with Crippen LogP contribution < -0.4 is 10.6 Å². The van der Waals surface area contributed by atoms with Gasteiger partial charge in [-0.05, 0) is 54.3 Å². The summed E-state index contributed by atoms with van der Waals surface area (Å²) in [6, 6.07) is 9.10. The molecule has 5 rings (SSSR count). The average molecular weight is 638 g/mol. The molecule has 0 saturated carbocycles. The van der Waals surface area contributed by atoms with Crippen LogP contribution in [0.15, 0.2) is 64.8 Å². The minimum atomic E-state index is -3.74. The van der Waals surface area contributed by atoms with E-state index in [2.05, 4.69) is 16.5 Å². The van der Waals surface area contributed by atoms with Crippen LogP contribution in [0, 0.1) is 11.6 Å². The number of hydrogen-bond donors (Lipinski definition) is 1. The quantitative estimate of drug-likeness (QED) is 0.299. The zero-order valence-corrected chi connectivity index (χ0v) is 26.1. The summed E-state index contributed by atoms with van der Waals surface area (Å²) < 4.78 is 57.6. The Bertz CT molecular complexity index is 1990. The number of anilines is 1. The molecule has 0 spiro atoms. The Morgan fingerprint density at radius 3 is 2.47 bits per heavy atom. The summed E-state index contributed by atoms with van der Waals surface area (Å²) in [5.41, 5.74) is -0.877. The van der Waals surface area contributed by atoms with Crippen molar-refractivity contribution in [1.82, 2.24) is 19.4 Å². The van der Waals surface area contributed by atoms with Gasteiger partial charge in [-0.2, -0.15) is 4.98 Å². The van der Waals surface area contributed by atoms with Gasteiger partial charge in [0.2, 0.25) is 5.91 Å². The number of carbonyl (C=O) groups is 1. The minimum absolute atomic E-state index is 0.0172. The van der Waals surface area contributed by atoms with Gasteiger partial charge in [-0.1, -0.05) is 38.6 Å². The van der Waals surface area contributed by atoms with E-state index in [0.29, 0.717) is 11.1 Å². The number of aromatic nitrogens is 3. The Morgan fingerprint density at radius 2 is 1.84 bits per heavy atom. The predicted molar refractivity (Wildman–Crippen MR) is 167 cm³/mol. The fourth-order valence-electron chi connectivity index (χ4n) is 5.83. The first kappa shape index (κ1) is 31.8. The molecule has 0 unspecified atom stereocenters. The number of rotatable bonds is 7. The molecule has 1 fully saturated rings. The lowest BCUT2D eigenvalue weighted by Crippen LogP contribution is -2.54. The monoisotopic (exact) mass is 637 g/mol. The molecule has 2 aromatic heterocycles. The maximum atomic E-state index is 15.9. The summed E-state index contributed by atoms with van der Waals surface area (Å²) in [6.07, 6.45) is 2.29. The molecular formula is C32H33F2N5O5S. The molecule has 0 bridgehead atoms.